The number of nitrogens with two attached hydrogens (primary N) is 1. The molecule has 2 N–H and O–H groups in total. The monoisotopic (exact) mass is 430 g/mol. The first-order valence-corrected chi connectivity index (χ1v) is 10.2. The highest BCUT2D eigenvalue weighted by atomic mass is 35.5. The number of sulfonamides is 1. The first-order valence-electron chi connectivity index (χ1n) is 8.36. The van der Waals surface area contributed by atoms with Gasteiger partial charge in [0.15, 0.2) is 11.5 Å². The average Bonchev–Trinajstić information content (AvgIpc) is 3.04. The van der Waals surface area contributed by atoms with Gasteiger partial charge in [-0.3, -0.25) is 0 Å². The molecule has 4 rings (SSSR count). The molecular formula is C18H20Cl2N2O4S. The smallest absolute Gasteiger partial charge is 0.244 e. The third kappa shape index (κ3) is 3.75. The molecule has 0 saturated carbocycles. The number of rotatable bonds is 3. The van der Waals surface area contributed by atoms with Crippen molar-refractivity contribution in [3.05, 3.63) is 53.1 Å². The van der Waals surface area contributed by atoms with Crippen molar-refractivity contribution >= 4 is 34.0 Å². The zero-order valence-corrected chi connectivity index (χ0v) is 16.8. The Labute approximate surface area is 169 Å². The maximum absolute atomic E-state index is 13.2. The van der Waals surface area contributed by atoms with Crippen LogP contribution in [0.3, 0.4) is 0 Å². The summed E-state index contributed by atoms with van der Waals surface area (Å²) < 4.78 is 38.7. The van der Waals surface area contributed by atoms with Crippen LogP contribution >= 0.6 is 24.0 Å². The standard InChI is InChI=1S/C18H19ClN2O4S.ClH/c19-14-8-16-17(25-7-6-24-16)9-18(14)26(22,23)21-10-13(15(20)11-21)12-4-2-1-3-5-12;/h1-5,8-9,13,15H,6-7,10-11,20H2;1H/t13-,15+;/m0./s1. The van der Waals surface area contributed by atoms with Crippen molar-refractivity contribution in [2.45, 2.75) is 16.9 Å². The molecule has 0 amide bonds. The van der Waals surface area contributed by atoms with Crippen LogP contribution in [0.25, 0.3) is 0 Å². The topological polar surface area (TPSA) is 81.9 Å². The minimum absolute atomic E-state index is 0. The largest absolute Gasteiger partial charge is 0.486 e. The Morgan fingerprint density at radius 1 is 1.04 bits per heavy atom. The molecule has 146 valence electrons. The van der Waals surface area contributed by atoms with Gasteiger partial charge in [-0.05, 0) is 5.56 Å². The molecule has 2 aromatic rings. The third-order valence-corrected chi connectivity index (χ3v) is 7.07. The molecule has 0 radical (unpaired) electrons. The molecule has 0 unspecified atom stereocenters. The molecule has 0 aromatic heterocycles. The maximum Gasteiger partial charge on any atom is 0.244 e. The van der Waals surface area contributed by atoms with E-state index in [1.165, 1.54) is 16.4 Å². The fourth-order valence-corrected chi connectivity index (χ4v) is 5.43. The van der Waals surface area contributed by atoms with Gasteiger partial charge in [0.25, 0.3) is 0 Å². The molecule has 27 heavy (non-hydrogen) atoms. The molecule has 6 nitrogen and oxygen atoms in total. The number of hydrogen-bond acceptors (Lipinski definition) is 5. The molecule has 2 aliphatic rings. The van der Waals surface area contributed by atoms with Crippen molar-refractivity contribution < 1.29 is 17.9 Å². The van der Waals surface area contributed by atoms with Crippen LogP contribution in [0.2, 0.25) is 5.02 Å². The van der Waals surface area contributed by atoms with Gasteiger partial charge in [-0.25, -0.2) is 8.42 Å². The Kier molecular flexibility index (Phi) is 5.88. The Balaban J connectivity index is 0.00000210. The minimum atomic E-state index is -3.79. The lowest BCUT2D eigenvalue weighted by Gasteiger charge is -2.22. The SMILES string of the molecule is Cl.N[C@@H]1CN(S(=O)(=O)c2cc3c(cc2Cl)OCCO3)C[C@H]1c1ccccc1. The Morgan fingerprint density at radius 2 is 1.67 bits per heavy atom. The second-order valence-corrected chi connectivity index (χ2v) is 8.74. The van der Waals surface area contributed by atoms with E-state index >= 15 is 0 Å². The summed E-state index contributed by atoms with van der Waals surface area (Å²) in [5.41, 5.74) is 7.27. The van der Waals surface area contributed by atoms with Crippen LogP contribution in [-0.2, 0) is 10.0 Å². The van der Waals surface area contributed by atoms with Crippen LogP contribution < -0.4 is 15.2 Å². The van der Waals surface area contributed by atoms with Gasteiger partial charge in [0.05, 0.1) is 5.02 Å². The molecular weight excluding hydrogens is 411 g/mol. The summed E-state index contributed by atoms with van der Waals surface area (Å²) in [6.45, 7) is 1.35. The van der Waals surface area contributed by atoms with Crippen molar-refractivity contribution in [3.63, 3.8) is 0 Å². The number of hydrogen-bond donors (Lipinski definition) is 1. The zero-order valence-electron chi connectivity index (χ0n) is 14.4. The highest BCUT2D eigenvalue weighted by molar-refractivity contribution is 7.89. The number of fused-ring (bicyclic) bond motifs is 1. The summed E-state index contributed by atoms with van der Waals surface area (Å²) in [6.07, 6.45) is 0. The van der Waals surface area contributed by atoms with E-state index in [1.807, 2.05) is 30.3 Å². The predicted molar refractivity (Wildman–Crippen MR) is 106 cm³/mol. The minimum Gasteiger partial charge on any atom is -0.486 e. The molecule has 2 heterocycles. The van der Waals surface area contributed by atoms with Gasteiger partial charge in [-0.1, -0.05) is 41.9 Å². The highest BCUT2D eigenvalue weighted by Crippen LogP contribution is 2.39. The van der Waals surface area contributed by atoms with Crippen LogP contribution in [0.1, 0.15) is 11.5 Å². The van der Waals surface area contributed by atoms with Crippen LogP contribution in [-0.4, -0.2) is 45.1 Å². The second-order valence-electron chi connectivity index (χ2n) is 6.43. The van der Waals surface area contributed by atoms with E-state index in [4.69, 9.17) is 26.8 Å². The Bertz CT molecular complexity index is 924. The summed E-state index contributed by atoms with van der Waals surface area (Å²) in [5.74, 6) is 0.796. The lowest BCUT2D eigenvalue weighted by atomic mass is 9.95. The van der Waals surface area contributed by atoms with Crippen molar-refractivity contribution in [2.75, 3.05) is 26.3 Å². The normalized spacial score (nSPS) is 22.3. The summed E-state index contributed by atoms with van der Waals surface area (Å²) in [7, 11) is -3.79. The van der Waals surface area contributed by atoms with Gasteiger partial charge < -0.3 is 15.2 Å². The van der Waals surface area contributed by atoms with E-state index in [1.54, 1.807) is 0 Å². The zero-order chi connectivity index (χ0) is 18.3. The molecule has 2 atom stereocenters. The second kappa shape index (κ2) is 7.85. The first kappa shape index (κ1) is 20.2. The van der Waals surface area contributed by atoms with Gasteiger partial charge in [-0.2, -0.15) is 4.31 Å². The lowest BCUT2D eigenvalue weighted by molar-refractivity contribution is 0.171. The summed E-state index contributed by atoms with van der Waals surface area (Å²) in [4.78, 5) is 0.0179. The average molecular weight is 431 g/mol. The third-order valence-electron chi connectivity index (χ3n) is 4.77. The van der Waals surface area contributed by atoms with E-state index in [2.05, 4.69) is 0 Å². The van der Waals surface area contributed by atoms with E-state index < -0.39 is 10.0 Å². The molecule has 9 heteroatoms. The van der Waals surface area contributed by atoms with E-state index in [0.29, 0.717) is 31.3 Å². The number of ether oxygens (including phenoxy) is 2. The molecule has 1 fully saturated rings. The lowest BCUT2D eigenvalue weighted by Crippen LogP contribution is -2.32. The maximum atomic E-state index is 13.2. The van der Waals surface area contributed by atoms with Crippen molar-refractivity contribution in [1.29, 1.82) is 0 Å². The quantitative estimate of drug-likeness (QED) is 0.808. The highest BCUT2D eigenvalue weighted by Gasteiger charge is 2.39. The Hall–Kier alpha value is -1.51. The number of halogens is 2. The summed E-state index contributed by atoms with van der Waals surface area (Å²) >= 11 is 6.24. The van der Waals surface area contributed by atoms with Crippen molar-refractivity contribution in [3.8, 4) is 11.5 Å². The summed E-state index contributed by atoms with van der Waals surface area (Å²) in [5, 5.41) is 0.117. The summed E-state index contributed by atoms with van der Waals surface area (Å²) in [6, 6.07) is 12.4. The molecule has 1 saturated heterocycles. The van der Waals surface area contributed by atoms with Crippen molar-refractivity contribution in [1.82, 2.24) is 4.31 Å². The fourth-order valence-electron chi connectivity index (χ4n) is 3.42. The van der Waals surface area contributed by atoms with Gasteiger partial charge in [0.2, 0.25) is 10.0 Å². The van der Waals surface area contributed by atoms with E-state index in [0.717, 1.165) is 5.56 Å². The van der Waals surface area contributed by atoms with Crippen molar-refractivity contribution in [2.24, 2.45) is 5.73 Å². The molecule has 0 bridgehead atoms. The number of benzene rings is 2. The van der Waals surface area contributed by atoms with Gasteiger partial charge in [0.1, 0.15) is 18.1 Å². The molecule has 0 spiro atoms. The molecule has 2 aromatic carbocycles. The van der Waals surface area contributed by atoms with Gasteiger partial charge in [-0.15, -0.1) is 12.4 Å². The van der Waals surface area contributed by atoms with Gasteiger partial charge >= 0.3 is 0 Å². The molecule has 0 aliphatic carbocycles. The van der Waals surface area contributed by atoms with Crippen LogP contribution in [0.5, 0.6) is 11.5 Å². The fraction of sp³-hybridized carbons (Fsp3) is 0.333. The van der Waals surface area contributed by atoms with Crippen LogP contribution in [0.4, 0.5) is 0 Å². The molecule has 2 aliphatic heterocycles. The van der Waals surface area contributed by atoms with E-state index in [9.17, 15) is 8.42 Å². The predicted octanol–water partition coefficient (Wildman–Crippen LogP) is 2.65. The van der Waals surface area contributed by atoms with E-state index in [-0.39, 0.29) is 40.8 Å². The van der Waals surface area contributed by atoms with Gasteiger partial charge in [0, 0.05) is 37.2 Å². The Morgan fingerprint density at radius 3 is 2.33 bits per heavy atom. The van der Waals surface area contributed by atoms with Crippen LogP contribution in [0.15, 0.2) is 47.4 Å². The van der Waals surface area contributed by atoms with Crippen LogP contribution in [0, 0.1) is 0 Å². The number of nitrogens with zero attached hydrogens (tertiary/aromatic N) is 1. The first-order chi connectivity index (χ1) is 12.5.